The third kappa shape index (κ3) is 4.80. The summed E-state index contributed by atoms with van der Waals surface area (Å²) in [5.41, 5.74) is 2.83. The smallest absolute Gasteiger partial charge is 0.268 e. The molecule has 1 aromatic heterocycles. The molecular formula is C22H28N4O2. The van der Waals surface area contributed by atoms with Crippen LogP contribution in [0.4, 0.5) is 11.4 Å². The number of aromatic nitrogens is 2. The van der Waals surface area contributed by atoms with E-state index in [-0.39, 0.29) is 17.4 Å². The van der Waals surface area contributed by atoms with Gasteiger partial charge in [0.25, 0.3) is 5.56 Å². The van der Waals surface area contributed by atoms with Gasteiger partial charge in [0.2, 0.25) is 5.91 Å². The lowest BCUT2D eigenvalue weighted by molar-refractivity contribution is -0.117. The van der Waals surface area contributed by atoms with Crippen molar-refractivity contribution >= 4 is 17.3 Å². The van der Waals surface area contributed by atoms with E-state index >= 15 is 0 Å². The van der Waals surface area contributed by atoms with Gasteiger partial charge in [0.05, 0.1) is 11.9 Å². The lowest BCUT2D eigenvalue weighted by atomic mass is 9.94. The van der Waals surface area contributed by atoms with Crippen LogP contribution in [0.15, 0.2) is 41.3 Å². The molecule has 28 heavy (non-hydrogen) atoms. The van der Waals surface area contributed by atoms with Crippen LogP contribution in [0.1, 0.15) is 37.7 Å². The predicted octanol–water partition coefficient (Wildman–Crippen LogP) is 3.21. The van der Waals surface area contributed by atoms with E-state index in [1.165, 1.54) is 12.8 Å². The minimum absolute atomic E-state index is 0.0243. The zero-order valence-electron chi connectivity index (χ0n) is 16.4. The maximum Gasteiger partial charge on any atom is 0.268 e. The second-order valence-corrected chi connectivity index (χ2v) is 8.25. The van der Waals surface area contributed by atoms with Crippen LogP contribution in [-0.2, 0) is 11.3 Å². The fourth-order valence-electron chi connectivity index (χ4n) is 3.94. The molecular weight excluding hydrogens is 352 g/mol. The highest BCUT2D eigenvalue weighted by atomic mass is 16.1. The normalized spacial score (nSPS) is 19.5. The van der Waals surface area contributed by atoms with Crippen LogP contribution in [0.3, 0.4) is 0 Å². The van der Waals surface area contributed by atoms with Crippen LogP contribution in [-0.4, -0.2) is 28.8 Å². The molecule has 4 rings (SSSR count). The SMILES string of the molecule is Cc1cccc(NC(=O)CC2CCCN(c3cnn(CC4CC4)c(=O)c3)C2)c1. The first-order chi connectivity index (χ1) is 13.6. The largest absolute Gasteiger partial charge is 0.370 e. The zero-order chi connectivity index (χ0) is 19.5. The Labute approximate surface area is 165 Å². The standard InChI is InChI=1S/C22H28N4O2/c1-16-4-2-6-19(10-16)24-21(27)11-18-5-3-9-25(14-18)20-12-22(28)26(23-13-20)15-17-7-8-17/h2,4,6,10,12-13,17-18H,3,5,7-9,11,14-15H2,1H3,(H,24,27). The van der Waals surface area contributed by atoms with E-state index in [0.29, 0.717) is 12.3 Å². The molecule has 1 aromatic carbocycles. The molecule has 6 nitrogen and oxygen atoms in total. The van der Waals surface area contributed by atoms with Gasteiger partial charge in [0.1, 0.15) is 0 Å². The summed E-state index contributed by atoms with van der Waals surface area (Å²) in [5, 5.41) is 7.37. The van der Waals surface area contributed by atoms with Crippen LogP contribution in [0.5, 0.6) is 0 Å². The van der Waals surface area contributed by atoms with E-state index in [9.17, 15) is 9.59 Å². The summed E-state index contributed by atoms with van der Waals surface area (Å²) in [6, 6.07) is 9.56. The summed E-state index contributed by atoms with van der Waals surface area (Å²) in [7, 11) is 0. The first-order valence-corrected chi connectivity index (χ1v) is 10.3. The summed E-state index contributed by atoms with van der Waals surface area (Å²) in [4.78, 5) is 27.0. The Kier molecular flexibility index (Phi) is 5.46. The molecule has 1 atom stereocenters. The van der Waals surface area contributed by atoms with E-state index in [0.717, 1.165) is 49.4 Å². The molecule has 0 spiro atoms. The fourth-order valence-corrected chi connectivity index (χ4v) is 3.94. The van der Waals surface area contributed by atoms with Gasteiger partial charge in [-0.1, -0.05) is 12.1 Å². The molecule has 1 aliphatic carbocycles. The van der Waals surface area contributed by atoms with E-state index < -0.39 is 0 Å². The zero-order valence-corrected chi connectivity index (χ0v) is 16.4. The van der Waals surface area contributed by atoms with Crippen LogP contribution in [0, 0.1) is 18.8 Å². The van der Waals surface area contributed by atoms with Crippen molar-refractivity contribution in [3.63, 3.8) is 0 Å². The summed E-state index contributed by atoms with van der Waals surface area (Å²) in [6.07, 6.45) is 6.76. The van der Waals surface area contributed by atoms with Crippen LogP contribution in [0.25, 0.3) is 0 Å². The molecule has 1 amide bonds. The molecule has 0 radical (unpaired) electrons. The third-order valence-electron chi connectivity index (χ3n) is 5.64. The summed E-state index contributed by atoms with van der Waals surface area (Å²) in [6.45, 7) is 4.45. The lowest BCUT2D eigenvalue weighted by Crippen LogP contribution is -2.38. The number of aryl methyl sites for hydroxylation is 1. The van der Waals surface area contributed by atoms with E-state index in [1.54, 1.807) is 16.9 Å². The second kappa shape index (κ2) is 8.17. The number of benzene rings is 1. The first kappa shape index (κ1) is 18.7. The lowest BCUT2D eigenvalue weighted by Gasteiger charge is -2.34. The molecule has 0 bridgehead atoms. The Balaban J connectivity index is 1.35. The Morgan fingerprint density at radius 2 is 2.07 bits per heavy atom. The molecule has 6 heteroatoms. The number of piperidine rings is 1. The van der Waals surface area contributed by atoms with Gasteiger partial charge >= 0.3 is 0 Å². The summed E-state index contributed by atoms with van der Waals surface area (Å²) < 4.78 is 1.58. The Morgan fingerprint density at radius 1 is 1.21 bits per heavy atom. The number of rotatable bonds is 6. The van der Waals surface area contributed by atoms with E-state index in [4.69, 9.17) is 0 Å². The molecule has 1 unspecified atom stereocenters. The number of hydrogen-bond donors (Lipinski definition) is 1. The number of nitrogens with zero attached hydrogens (tertiary/aromatic N) is 3. The molecule has 2 fully saturated rings. The minimum atomic E-state index is -0.0243. The average Bonchev–Trinajstić information content (AvgIpc) is 3.48. The highest BCUT2D eigenvalue weighted by Gasteiger charge is 2.25. The van der Waals surface area contributed by atoms with Crippen molar-refractivity contribution in [2.75, 3.05) is 23.3 Å². The van der Waals surface area contributed by atoms with Crippen molar-refractivity contribution < 1.29 is 4.79 Å². The second-order valence-electron chi connectivity index (χ2n) is 8.25. The first-order valence-electron chi connectivity index (χ1n) is 10.3. The van der Waals surface area contributed by atoms with Gasteiger partial charge in [-0.2, -0.15) is 5.10 Å². The molecule has 2 aromatic rings. The monoisotopic (exact) mass is 380 g/mol. The number of carbonyl (C=O) groups is 1. The highest BCUT2D eigenvalue weighted by Crippen LogP contribution is 2.30. The maximum absolute atomic E-state index is 12.4. The number of nitrogens with one attached hydrogen (secondary N) is 1. The van der Waals surface area contributed by atoms with Gasteiger partial charge in [0, 0.05) is 37.8 Å². The van der Waals surface area contributed by atoms with Gasteiger partial charge in [-0.3, -0.25) is 9.59 Å². The van der Waals surface area contributed by atoms with Crippen LogP contribution in [0.2, 0.25) is 0 Å². The number of hydrogen-bond acceptors (Lipinski definition) is 4. The molecule has 148 valence electrons. The Hall–Kier alpha value is -2.63. The maximum atomic E-state index is 12.4. The van der Waals surface area contributed by atoms with Crippen LogP contribution < -0.4 is 15.8 Å². The van der Waals surface area contributed by atoms with Crippen molar-refractivity contribution in [1.29, 1.82) is 0 Å². The topological polar surface area (TPSA) is 67.2 Å². The van der Waals surface area contributed by atoms with Gasteiger partial charge in [0.15, 0.2) is 0 Å². The van der Waals surface area contributed by atoms with Crippen molar-refractivity contribution in [1.82, 2.24) is 9.78 Å². The Bertz CT molecular complexity index is 903. The molecule has 1 aliphatic heterocycles. The van der Waals surface area contributed by atoms with E-state index in [1.807, 2.05) is 31.2 Å². The van der Waals surface area contributed by atoms with Crippen molar-refractivity contribution in [3.05, 3.63) is 52.4 Å². The summed E-state index contributed by atoms with van der Waals surface area (Å²) >= 11 is 0. The molecule has 2 aliphatic rings. The van der Waals surface area contributed by atoms with Crippen molar-refractivity contribution in [2.45, 2.75) is 45.6 Å². The molecule has 1 saturated carbocycles. The molecule has 2 heterocycles. The van der Waals surface area contributed by atoms with Gasteiger partial charge in [-0.25, -0.2) is 4.68 Å². The number of anilines is 2. The average molecular weight is 380 g/mol. The predicted molar refractivity (Wildman–Crippen MR) is 111 cm³/mol. The number of carbonyl (C=O) groups excluding carboxylic acids is 1. The Morgan fingerprint density at radius 3 is 2.82 bits per heavy atom. The van der Waals surface area contributed by atoms with Crippen molar-refractivity contribution in [2.24, 2.45) is 11.8 Å². The van der Waals surface area contributed by atoms with Gasteiger partial charge in [-0.15, -0.1) is 0 Å². The minimum Gasteiger partial charge on any atom is -0.370 e. The molecule has 1 N–H and O–H groups in total. The van der Waals surface area contributed by atoms with Crippen LogP contribution >= 0.6 is 0 Å². The van der Waals surface area contributed by atoms with E-state index in [2.05, 4.69) is 15.3 Å². The number of amides is 1. The van der Waals surface area contributed by atoms with Gasteiger partial charge < -0.3 is 10.2 Å². The third-order valence-corrected chi connectivity index (χ3v) is 5.64. The highest BCUT2D eigenvalue weighted by molar-refractivity contribution is 5.91. The molecule has 1 saturated heterocycles. The van der Waals surface area contributed by atoms with Crippen molar-refractivity contribution in [3.8, 4) is 0 Å². The summed E-state index contributed by atoms with van der Waals surface area (Å²) in [5.74, 6) is 0.963. The quantitative estimate of drug-likeness (QED) is 0.836. The fraction of sp³-hybridized carbons (Fsp3) is 0.500. The van der Waals surface area contributed by atoms with Gasteiger partial charge in [-0.05, 0) is 62.1 Å².